The Morgan fingerprint density at radius 2 is 2.37 bits per heavy atom. The highest BCUT2D eigenvalue weighted by atomic mass is 19.1. The van der Waals surface area contributed by atoms with E-state index in [9.17, 15) is 9.18 Å². The summed E-state index contributed by atoms with van der Waals surface area (Å²) >= 11 is 0. The van der Waals surface area contributed by atoms with E-state index in [1.807, 2.05) is 24.9 Å². The summed E-state index contributed by atoms with van der Waals surface area (Å²) in [7, 11) is 1.90. The molecule has 1 aromatic carbocycles. The van der Waals surface area contributed by atoms with Gasteiger partial charge in [0.2, 0.25) is 5.91 Å². The SMILES string of the molecule is CNCC1CCCN1C(=O)C(C)c1cccc(F)c1. The standard InChI is InChI=1S/C15H21FN2O/c1-11(12-5-3-6-13(16)9-12)15(19)18-8-4-7-14(18)10-17-2/h3,5-6,9,11,14,17H,4,7-8,10H2,1-2H3. The number of carbonyl (C=O) groups is 1. The summed E-state index contributed by atoms with van der Waals surface area (Å²) in [4.78, 5) is 14.5. The quantitative estimate of drug-likeness (QED) is 0.903. The molecule has 2 rings (SSSR count). The Morgan fingerprint density at radius 3 is 3.05 bits per heavy atom. The molecule has 3 nitrogen and oxygen atoms in total. The second-order valence-electron chi connectivity index (χ2n) is 5.16. The second-order valence-corrected chi connectivity index (χ2v) is 5.16. The molecule has 1 amide bonds. The number of hydrogen-bond acceptors (Lipinski definition) is 2. The van der Waals surface area contributed by atoms with Crippen LogP contribution in [-0.2, 0) is 4.79 Å². The van der Waals surface area contributed by atoms with Gasteiger partial charge in [-0.2, -0.15) is 0 Å². The van der Waals surface area contributed by atoms with Crippen molar-refractivity contribution >= 4 is 5.91 Å². The number of likely N-dealkylation sites (tertiary alicyclic amines) is 1. The van der Waals surface area contributed by atoms with Crippen molar-refractivity contribution in [3.63, 3.8) is 0 Å². The molecule has 1 heterocycles. The Bertz CT molecular complexity index is 450. The Hall–Kier alpha value is -1.42. The minimum atomic E-state index is -0.287. The number of amides is 1. The first-order valence-corrected chi connectivity index (χ1v) is 6.84. The summed E-state index contributed by atoms with van der Waals surface area (Å²) in [5.41, 5.74) is 0.750. The first-order chi connectivity index (χ1) is 9.13. The Labute approximate surface area is 113 Å². The maximum absolute atomic E-state index is 13.2. The fourth-order valence-corrected chi connectivity index (χ4v) is 2.74. The third kappa shape index (κ3) is 3.13. The molecule has 1 N–H and O–H groups in total. The van der Waals surface area contributed by atoms with Gasteiger partial charge in [-0.1, -0.05) is 12.1 Å². The van der Waals surface area contributed by atoms with E-state index >= 15 is 0 Å². The first kappa shape index (κ1) is 14.0. The average molecular weight is 264 g/mol. The van der Waals surface area contributed by atoms with Crippen molar-refractivity contribution < 1.29 is 9.18 Å². The van der Waals surface area contributed by atoms with Gasteiger partial charge in [-0.3, -0.25) is 4.79 Å². The van der Waals surface area contributed by atoms with E-state index in [0.717, 1.165) is 31.5 Å². The number of nitrogens with zero attached hydrogens (tertiary/aromatic N) is 1. The predicted octanol–water partition coefficient (Wildman–Crippen LogP) is 2.14. The number of benzene rings is 1. The van der Waals surface area contributed by atoms with Gasteiger partial charge in [-0.15, -0.1) is 0 Å². The van der Waals surface area contributed by atoms with Gasteiger partial charge >= 0.3 is 0 Å². The summed E-state index contributed by atoms with van der Waals surface area (Å²) in [5, 5.41) is 3.13. The smallest absolute Gasteiger partial charge is 0.230 e. The van der Waals surface area contributed by atoms with Crippen molar-refractivity contribution in [1.82, 2.24) is 10.2 Å². The molecule has 0 aliphatic carbocycles. The van der Waals surface area contributed by atoms with E-state index < -0.39 is 0 Å². The molecule has 1 saturated heterocycles. The summed E-state index contributed by atoms with van der Waals surface area (Å²) in [6, 6.07) is 6.60. The third-order valence-electron chi connectivity index (χ3n) is 3.82. The molecule has 0 saturated carbocycles. The highest BCUT2D eigenvalue weighted by Gasteiger charge is 2.31. The normalized spacial score (nSPS) is 20.6. The fourth-order valence-electron chi connectivity index (χ4n) is 2.74. The Balaban J connectivity index is 2.10. The van der Waals surface area contributed by atoms with Crippen LogP contribution in [0.1, 0.15) is 31.2 Å². The van der Waals surface area contributed by atoms with E-state index in [1.54, 1.807) is 6.07 Å². The van der Waals surface area contributed by atoms with Gasteiger partial charge in [0.25, 0.3) is 0 Å². The largest absolute Gasteiger partial charge is 0.338 e. The summed E-state index contributed by atoms with van der Waals surface area (Å²) < 4.78 is 13.2. The summed E-state index contributed by atoms with van der Waals surface area (Å²) in [5.74, 6) is -0.471. The predicted molar refractivity (Wildman–Crippen MR) is 73.5 cm³/mol. The summed E-state index contributed by atoms with van der Waals surface area (Å²) in [6.45, 7) is 3.48. The Morgan fingerprint density at radius 1 is 1.58 bits per heavy atom. The van der Waals surface area contributed by atoms with E-state index in [2.05, 4.69) is 5.32 Å². The molecular formula is C15H21FN2O. The van der Waals surface area contributed by atoms with Gasteiger partial charge in [-0.05, 0) is 44.5 Å². The lowest BCUT2D eigenvalue weighted by Gasteiger charge is -2.27. The number of hydrogen-bond donors (Lipinski definition) is 1. The zero-order valence-electron chi connectivity index (χ0n) is 11.5. The minimum Gasteiger partial charge on any atom is -0.338 e. The van der Waals surface area contributed by atoms with Crippen LogP contribution < -0.4 is 5.32 Å². The monoisotopic (exact) mass is 264 g/mol. The Kier molecular flexibility index (Phi) is 4.53. The highest BCUT2D eigenvalue weighted by molar-refractivity contribution is 5.83. The van der Waals surface area contributed by atoms with Crippen molar-refractivity contribution in [3.05, 3.63) is 35.6 Å². The highest BCUT2D eigenvalue weighted by Crippen LogP contribution is 2.24. The van der Waals surface area contributed by atoms with Gasteiger partial charge in [0.15, 0.2) is 0 Å². The lowest BCUT2D eigenvalue weighted by Crippen LogP contribution is -2.42. The molecule has 1 aliphatic rings. The molecule has 1 aromatic rings. The van der Waals surface area contributed by atoms with E-state index in [1.165, 1.54) is 12.1 Å². The van der Waals surface area contributed by atoms with Crippen LogP contribution in [0, 0.1) is 5.82 Å². The number of nitrogens with one attached hydrogen (secondary N) is 1. The molecule has 19 heavy (non-hydrogen) atoms. The average Bonchev–Trinajstić information content (AvgIpc) is 2.86. The maximum Gasteiger partial charge on any atom is 0.230 e. The van der Waals surface area contributed by atoms with E-state index in [0.29, 0.717) is 0 Å². The topological polar surface area (TPSA) is 32.3 Å². The van der Waals surface area contributed by atoms with Crippen LogP contribution in [-0.4, -0.2) is 37.0 Å². The van der Waals surface area contributed by atoms with Crippen LogP contribution in [0.4, 0.5) is 4.39 Å². The third-order valence-corrected chi connectivity index (χ3v) is 3.82. The van der Waals surface area contributed by atoms with E-state index in [-0.39, 0.29) is 23.7 Å². The number of likely N-dealkylation sites (N-methyl/N-ethyl adjacent to an activating group) is 1. The minimum absolute atomic E-state index is 0.100. The number of halogens is 1. The zero-order valence-corrected chi connectivity index (χ0v) is 11.5. The van der Waals surface area contributed by atoms with Crippen LogP contribution >= 0.6 is 0 Å². The van der Waals surface area contributed by atoms with Crippen LogP contribution in [0.25, 0.3) is 0 Å². The van der Waals surface area contributed by atoms with Crippen molar-refractivity contribution in [2.75, 3.05) is 20.1 Å². The van der Waals surface area contributed by atoms with Crippen molar-refractivity contribution in [3.8, 4) is 0 Å². The van der Waals surface area contributed by atoms with Gasteiger partial charge in [0.1, 0.15) is 5.82 Å². The van der Waals surface area contributed by atoms with Crippen LogP contribution in [0.15, 0.2) is 24.3 Å². The first-order valence-electron chi connectivity index (χ1n) is 6.84. The number of carbonyl (C=O) groups excluding carboxylic acids is 1. The van der Waals surface area contributed by atoms with Crippen LogP contribution in [0.2, 0.25) is 0 Å². The summed E-state index contributed by atoms with van der Waals surface area (Å²) in [6.07, 6.45) is 2.09. The van der Waals surface area contributed by atoms with Gasteiger partial charge in [-0.25, -0.2) is 4.39 Å². The molecule has 1 fully saturated rings. The van der Waals surface area contributed by atoms with Crippen LogP contribution in [0.3, 0.4) is 0 Å². The maximum atomic E-state index is 13.2. The van der Waals surface area contributed by atoms with E-state index in [4.69, 9.17) is 0 Å². The lowest BCUT2D eigenvalue weighted by atomic mass is 9.99. The molecule has 0 radical (unpaired) electrons. The molecule has 1 aliphatic heterocycles. The van der Waals surface area contributed by atoms with Crippen molar-refractivity contribution in [2.45, 2.75) is 31.7 Å². The molecular weight excluding hydrogens is 243 g/mol. The second kappa shape index (κ2) is 6.15. The molecule has 2 unspecified atom stereocenters. The lowest BCUT2D eigenvalue weighted by molar-refractivity contribution is -0.133. The van der Waals surface area contributed by atoms with Gasteiger partial charge in [0.05, 0.1) is 5.92 Å². The molecule has 104 valence electrons. The molecule has 0 bridgehead atoms. The number of rotatable bonds is 4. The van der Waals surface area contributed by atoms with Crippen molar-refractivity contribution in [1.29, 1.82) is 0 Å². The van der Waals surface area contributed by atoms with Gasteiger partial charge in [0, 0.05) is 19.1 Å². The van der Waals surface area contributed by atoms with Crippen molar-refractivity contribution in [2.24, 2.45) is 0 Å². The molecule has 0 aromatic heterocycles. The zero-order chi connectivity index (χ0) is 13.8. The van der Waals surface area contributed by atoms with Crippen LogP contribution in [0.5, 0.6) is 0 Å². The molecule has 0 spiro atoms. The van der Waals surface area contributed by atoms with Gasteiger partial charge < -0.3 is 10.2 Å². The molecule has 2 atom stereocenters. The fraction of sp³-hybridized carbons (Fsp3) is 0.533. The molecule has 4 heteroatoms.